The first-order valence-electron chi connectivity index (χ1n) is 10.6. The van der Waals surface area contributed by atoms with Crippen molar-refractivity contribution >= 4 is 35.0 Å². The Bertz CT molecular complexity index is 1090. The lowest BCUT2D eigenvalue weighted by Gasteiger charge is -2.24. The minimum absolute atomic E-state index is 0.0146. The van der Waals surface area contributed by atoms with Crippen LogP contribution < -0.4 is 4.90 Å². The van der Waals surface area contributed by atoms with E-state index in [1.165, 1.54) is 4.90 Å². The summed E-state index contributed by atoms with van der Waals surface area (Å²) in [6.45, 7) is 0.810. The number of imide groups is 1. The van der Waals surface area contributed by atoms with Crippen molar-refractivity contribution in [2.75, 3.05) is 18.0 Å². The lowest BCUT2D eigenvalue weighted by Crippen LogP contribution is -2.34. The number of halogens is 1. The molecular formula is C26H23ClN2O3. The van der Waals surface area contributed by atoms with E-state index in [0.29, 0.717) is 48.5 Å². The quantitative estimate of drug-likeness (QED) is 0.361. The first kappa shape index (κ1) is 21.8. The maximum absolute atomic E-state index is 13.1. The third-order valence-electron chi connectivity index (χ3n) is 5.53. The summed E-state index contributed by atoms with van der Waals surface area (Å²) >= 11 is 6.02. The molecule has 0 N–H and O–H groups in total. The third kappa shape index (κ3) is 4.73. The van der Waals surface area contributed by atoms with Gasteiger partial charge in [0.2, 0.25) is 5.91 Å². The van der Waals surface area contributed by atoms with E-state index < -0.39 is 0 Å². The second kappa shape index (κ2) is 9.79. The second-order valence-corrected chi connectivity index (χ2v) is 8.14. The van der Waals surface area contributed by atoms with Crippen molar-refractivity contribution in [1.29, 1.82) is 0 Å². The lowest BCUT2D eigenvalue weighted by atomic mass is 10.1. The zero-order valence-corrected chi connectivity index (χ0v) is 18.3. The Kier molecular flexibility index (Phi) is 6.66. The van der Waals surface area contributed by atoms with Crippen LogP contribution in [0, 0.1) is 0 Å². The average Bonchev–Trinajstić information content (AvgIpc) is 3.05. The Balaban J connectivity index is 1.39. The summed E-state index contributed by atoms with van der Waals surface area (Å²) in [5, 5.41) is 0.606. The molecule has 1 aliphatic heterocycles. The number of anilines is 1. The molecule has 32 heavy (non-hydrogen) atoms. The fourth-order valence-corrected chi connectivity index (χ4v) is 3.99. The Morgan fingerprint density at radius 2 is 1.38 bits per heavy atom. The van der Waals surface area contributed by atoms with Gasteiger partial charge in [0.15, 0.2) is 0 Å². The van der Waals surface area contributed by atoms with Crippen molar-refractivity contribution < 1.29 is 14.4 Å². The molecule has 3 amide bonds. The molecule has 1 aliphatic rings. The molecule has 0 aromatic heterocycles. The minimum atomic E-state index is -0.250. The lowest BCUT2D eigenvalue weighted by molar-refractivity contribution is -0.118. The highest BCUT2D eigenvalue weighted by Gasteiger charge is 2.34. The molecule has 3 aromatic carbocycles. The first-order chi connectivity index (χ1) is 15.5. The van der Waals surface area contributed by atoms with Gasteiger partial charge in [-0.25, -0.2) is 0 Å². The van der Waals surface area contributed by atoms with Gasteiger partial charge in [-0.1, -0.05) is 54.1 Å². The summed E-state index contributed by atoms with van der Waals surface area (Å²) in [5.74, 6) is -0.514. The predicted molar refractivity (Wildman–Crippen MR) is 125 cm³/mol. The van der Waals surface area contributed by atoms with Gasteiger partial charge in [-0.3, -0.25) is 19.3 Å². The van der Waals surface area contributed by atoms with Crippen molar-refractivity contribution in [3.8, 4) is 0 Å². The summed E-state index contributed by atoms with van der Waals surface area (Å²) in [6, 6.07) is 23.7. The molecule has 0 unspecified atom stereocenters. The molecule has 0 saturated heterocycles. The van der Waals surface area contributed by atoms with Crippen LogP contribution in [0.15, 0.2) is 78.9 Å². The van der Waals surface area contributed by atoms with Crippen LogP contribution in [0.3, 0.4) is 0 Å². The van der Waals surface area contributed by atoms with E-state index in [-0.39, 0.29) is 17.7 Å². The molecule has 0 saturated carbocycles. The van der Waals surface area contributed by atoms with Crippen LogP contribution in [0.2, 0.25) is 5.02 Å². The van der Waals surface area contributed by atoms with Gasteiger partial charge >= 0.3 is 0 Å². The second-order valence-electron chi connectivity index (χ2n) is 7.70. The van der Waals surface area contributed by atoms with Gasteiger partial charge < -0.3 is 4.90 Å². The van der Waals surface area contributed by atoms with Crippen LogP contribution in [0.4, 0.5) is 5.69 Å². The smallest absolute Gasteiger partial charge is 0.261 e. The minimum Gasteiger partial charge on any atom is -0.312 e. The van der Waals surface area contributed by atoms with Gasteiger partial charge in [0.1, 0.15) is 0 Å². The van der Waals surface area contributed by atoms with Gasteiger partial charge in [-0.2, -0.15) is 0 Å². The van der Waals surface area contributed by atoms with E-state index in [0.717, 1.165) is 11.3 Å². The number of rotatable bonds is 8. The fraction of sp³-hybridized carbons (Fsp3) is 0.192. The highest BCUT2D eigenvalue weighted by Crippen LogP contribution is 2.23. The van der Waals surface area contributed by atoms with Gasteiger partial charge in [0, 0.05) is 23.8 Å². The van der Waals surface area contributed by atoms with Crippen LogP contribution in [0.25, 0.3) is 0 Å². The maximum Gasteiger partial charge on any atom is 0.261 e. The molecule has 0 aliphatic carbocycles. The number of fused-ring (bicyclic) bond motifs is 1. The van der Waals surface area contributed by atoms with Crippen molar-refractivity contribution in [3.05, 3.63) is 101 Å². The summed E-state index contributed by atoms with van der Waals surface area (Å²) in [4.78, 5) is 41.2. The summed E-state index contributed by atoms with van der Waals surface area (Å²) in [6.07, 6.45) is 1.55. The number of carbonyl (C=O) groups excluding carboxylic acids is 3. The Morgan fingerprint density at radius 1 is 0.781 bits per heavy atom. The molecular weight excluding hydrogens is 424 g/mol. The number of amides is 3. The van der Waals surface area contributed by atoms with Crippen LogP contribution in [0.5, 0.6) is 0 Å². The largest absolute Gasteiger partial charge is 0.312 e. The predicted octanol–water partition coefficient (Wildman–Crippen LogP) is 4.99. The molecule has 3 aromatic rings. The zero-order valence-electron chi connectivity index (χ0n) is 17.5. The SMILES string of the molecule is O=C1c2ccccc2C(=O)N1CCCCN(C(=O)Cc1ccccc1)c1ccc(Cl)cc1. The normalized spacial score (nSPS) is 12.7. The molecule has 5 nitrogen and oxygen atoms in total. The molecule has 0 fully saturated rings. The van der Waals surface area contributed by atoms with Crippen molar-refractivity contribution in [3.63, 3.8) is 0 Å². The third-order valence-corrected chi connectivity index (χ3v) is 5.78. The number of benzene rings is 3. The number of unbranched alkanes of at least 4 members (excludes halogenated alkanes) is 1. The standard InChI is InChI=1S/C26H23ClN2O3/c27-20-12-14-21(15-13-20)28(24(30)18-19-8-2-1-3-9-19)16-6-7-17-29-25(31)22-10-4-5-11-23(22)26(29)32/h1-5,8-15H,6-7,16-18H2. The topological polar surface area (TPSA) is 57.7 Å². The van der Waals surface area contributed by atoms with Gasteiger partial charge in [-0.05, 0) is 54.8 Å². The van der Waals surface area contributed by atoms with Crippen LogP contribution >= 0.6 is 11.6 Å². The van der Waals surface area contributed by atoms with E-state index in [2.05, 4.69) is 0 Å². The van der Waals surface area contributed by atoms with Gasteiger partial charge in [0.05, 0.1) is 17.5 Å². The van der Waals surface area contributed by atoms with E-state index in [9.17, 15) is 14.4 Å². The average molecular weight is 447 g/mol. The molecule has 0 radical (unpaired) electrons. The number of nitrogens with zero attached hydrogens (tertiary/aromatic N) is 2. The Hall–Kier alpha value is -3.44. The molecule has 6 heteroatoms. The summed E-state index contributed by atoms with van der Waals surface area (Å²) in [5.41, 5.74) is 2.63. The van der Waals surface area contributed by atoms with E-state index in [1.54, 1.807) is 41.3 Å². The summed E-state index contributed by atoms with van der Waals surface area (Å²) in [7, 11) is 0. The van der Waals surface area contributed by atoms with Crippen LogP contribution in [-0.4, -0.2) is 35.7 Å². The van der Waals surface area contributed by atoms with Gasteiger partial charge in [-0.15, -0.1) is 0 Å². The molecule has 1 heterocycles. The Labute approximate surface area is 192 Å². The van der Waals surface area contributed by atoms with E-state index >= 15 is 0 Å². The van der Waals surface area contributed by atoms with Crippen LogP contribution in [0.1, 0.15) is 39.1 Å². The van der Waals surface area contributed by atoms with E-state index in [4.69, 9.17) is 11.6 Å². The monoisotopic (exact) mass is 446 g/mol. The Morgan fingerprint density at radius 3 is 2.00 bits per heavy atom. The van der Waals surface area contributed by atoms with Crippen molar-refractivity contribution in [1.82, 2.24) is 4.90 Å². The molecule has 0 bridgehead atoms. The number of hydrogen-bond donors (Lipinski definition) is 0. The highest BCUT2D eigenvalue weighted by atomic mass is 35.5. The van der Waals surface area contributed by atoms with Crippen molar-refractivity contribution in [2.24, 2.45) is 0 Å². The zero-order chi connectivity index (χ0) is 22.5. The number of carbonyl (C=O) groups is 3. The van der Waals surface area contributed by atoms with Crippen molar-refractivity contribution in [2.45, 2.75) is 19.3 Å². The molecule has 162 valence electrons. The molecule has 4 rings (SSSR count). The fourth-order valence-electron chi connectivity index (χ4n) is 3.87. The first-order valence-corrected chi connectivity index (χ1v) is 11.0. The summed E-state index contributed by atoms with van der Waals surface area (Å²) < 4.78 is 0. The van der Waals surface area contributed by atoms with Gasteiger partial charge in [0.25, 0.3) is 11.8 Å². The van der Waals surface area contributed by atoms with Crippen LogP contribution in [-0.2, 0) is 11.2 Å². The highest BCUT2D eigenvalue weighted by molar-refractivity contribution is 6.30. The molecule has 0 atom stereocenters. The number of hydrogen-bond acceptors (Lipinski definition) is 3. The molecule has 0 spiro atoms. The van der Waals surface area contributed by atoms with E-state index in [1.807, 2.05) is 42.5 Å². The maximum atomic E-state index is 13.1.